The van der Waals surface area contributed by atoms with Crippen molar-refractivity contribution in [3.63, 3.8) is 0 Å². The first-order valence-corrected chi connectivity index (χ1v) is 25.2. The van der Waals surface area contributed by atoms with Crippen LogP contribution in [0.2, 0.25) is 0 Å². The maximum absolute atomic E-state index is 7.02. The lowest BCUT2D eigenvalue weighted by Crippen LogP contribution is -2.29. The van der Waals surface area contributed by atoms with E-state index < -0.39 is 5.41 Å². The molecule has 0 atom stereocenters. The zero-order valence-corrected chi connectivity index (χ0v) is 39.6. The summed E-state index contributed by atoms with van der Waals surface area (Å²) in [5.74, 6) is 0. The van der Waals surface area contributed by atoms with E-state index in [-0.39, 0.29) is 0 Å². The minimum absolute atomic E-state index is 0.633. The van der Waals surface area contributed by atoms with Gasteiger partial charge in [-0.15, -0.1) is 0 Å². The van der Waals surface area contributed by atoms with Crippen LogP contribution in [0.1, 0.15) is 22.3 Å². The van der Waals surface area contributed by atoms with E-state index in [1.807, 2.05) is 0 Å². The standard InChI is InChI=1S/C71H42O2/c1-3-22-45(23-4-1)71(46-24-5-2-6-25-46)62-37-14-11-28-51(62)54-35-19-36-57(68(54)71)65-52-33-17-31-49(60-40-43-20-7-9-26-47(43)66-55-29-12-15-38-63(55)72-69(60)66)58(52)42-59-50(32-18-34-53(59)65)61-41-44-21-8-10-27-48(44)67-56-30-13-16-39-64(56)73-70(61)67/h1-42H. The van der Waals surface area contributed by atoms with Gasteiger partial charge >= 0.3 is 0 Å². The van der Waals surface area contributed by atoms with Crippen molar-refractivity contribution in [3.05, 3.63) is 277 Å². The Labute approximate surface area is 420 Å². The zero-order chi connectivity index (χ0) is 47.8. The van der Waals surface area contributed by atoms with Crippen molar-refractivity contribution in [2.75, 3.05) is 0 Å². The molecule has 0 bridgehead atoms. The van der Waals surface area contributed by atoms with E-state index >= 15 is 0 Å². The summed E-state index contributed by atoms with van der Waals surface area (Å²) >= 11 is 0. The molecule has 15 aromatic rings. The molecule has 2 heterocycles. The molecule has 0 spiro atoms. The Kier molecular flexibility index (Phi) is 8.41. The zero-order valence-electron chi connectivity index (χ0n) is 39.6. The van der Waals surface area contributed by atoms with Crippen molar-refractivity contribution < 1.29 is 8.83 Å². The topological polar surface area (TPSA) is 26.3 Å². The van der Waals surface area contributed by atoms with E-state index in [1.165, 1.54) is 76.8 Å². The van der Waals surface area contributed by atoms with E-state index in [0.717, 1.165) is 76.9 Å². The molecule has 2 aromatic heterocycles. The summed E-state index contributed by atoms with van der Waals surface area (Å²) in [7, 11) is 0. The third-order valence-electron chi connectivity index (χ3n) is 16.1. The molecule has 73 heavy (non-hydrogen) atoms. The van der Waals surface area contributed by atoms with E-state index in [1.54, 1.807) is 0 Å². The van der Waals surface area contributed by atoms with Gasteiger partial charge in [0.25, 0.3) is 0 Å². The van der Waals surface area contributed by atoms with Gasteiger partial charge in [0, 0.05) is 32.7 Å². The summed E-state index contributed by atoms with van der Waals surface area (Å²) in [4.78, 5) is 0. The summed E-state index contributed by atoms with van der Waals surface area (Å²) in [6.45, 7) is 0. The predicted molar refractivity (Wildman–Crippen MR) is 305 cm³/mol. The molecule has 0 amide bonds. The number of hydrogen-bond acceptors (Lipinski definition) is 2. The largest absolute Gasteiger partial charge is 0.455 e. The third-order valence-corrected chi connectivity index (χ3v) is 16.1. The van der Waals surface area contributed by atoms with Crippen LogP contribution in [0.15, 0.2) is 264 Å². The first kappa shape index (κ1) is 40.3. The quantitative estimate of drug-likeness (QED) is 0.161. The fraction of sp³-hybridized carbons (Fsp3) is 0.0141. The van der Waals surface area contributed by atoms with Gasteiger partial charge in [-0.1, -0.05) is 224 Å². The van der Waals surface area contributed by atoms with Crippen LogP contribution in [0, 0.1) is 0 Å². The summed E-state index contributed by atoms with van der Waals surface area (Å²) in [5.41, 5.74) is 17.2. The molecule has 0 aliphatic heterocycles. The number of furan rings is 2. The smallest absolute Gasteiger partial charge is 0.143 e. The van der Waals surface area contributed by atoms with Crippen LogP contribution in [0.5, 0.6) is 0 Å². The Balaban J connectivity index is 1.10. The molecule has 0 N–H and O–H groups in total. The summed E-state index contributed by atoms with van der Waals surface area (Å²) < 4.78 is 14.0. The number of para-hydroxylation sites is 2. The van der Waals surface area contributed by atoms with Crippen molar-refractivity contribution in [2.24, 2.45) is 0 Å². The molecule has 16 rings (SSSR count). The highest BCUT2D eigenvalue weighted by molar-refractivity contribution is 6.28. The highest BCUT2D eigenvalue weighted by atomic mass is 16.3. The van der Waals surface area contributed by atoms with Gasteiger partial charge in [-0.3, -0.25) is 0 Å². The Morgan fingerprint density at radius 1 is 0.260 bits per heavy atom. The van der Waals surface area contributed by atoms with Gasteiger partial charge < -0.3 is 8.83 Å². The van der Waals surface area contributed by atoms with E-state index in [2.05, 4.69) is 255 Å². The molecule has 13 aromatic carbocycles. The summed E-state index contributed by atoms with van der Waals surface area (Å²) in [5, 5.41) is 13.9. The highest BCUT2D eigenvalue weighted by Crippen LogP contribution is 2.60. The van der Waals surface area contributed by atoms with Gasteiger partial charge in [0.1, 0.15) is 22.3 Å². The van der Waals surface area contributed by atoms with E-state index in [9.17, 15) is 0 Å². The van der Waals surface area contributed by atoms with Gasteiger partial charge in [-0.2, -0.15) is 0 Å². The molecule has 0 unspecified atom stereocenters. The van der Waals surface area contributed by atoms with Crippen LogP contribution in [0.3, 0.4) is 0 Å². The van der Waals surface area contributed by atoms with Crippen LogP contribution >= 0.6 is 0 Å². The SMILES string of the molecule is c1ccc(C2(c3ccccc3)c3ccccc3-c3cccc(-c4c5cccc(-c6cc7ccccc7c7c6oc6ccccc67)c5cc5c(-c6cc7ccccc7c7c6oc6ccccc67)cccc45)c32)cc1. The second-order valence-electron chi connectivity index (χ2n) is 19.7. The van der Waals surface area contributed by atoms with Crippen LogP contribution in [0.25, 0.3) is 131 Å². The summed E-state index contributed by atoms with van der Waals surface area (Å²) in [6, 6.07) is 93.8. The minimum atomic E-state index is -0.633. The lowest BCUT2D eigenvalue weighted by atomic mass is 9.65. The molecular weight excluding hydrogens is 885 g/mol. The van der Waals surface area contributed by atoms with Gasteiger partial charge in [0.2, 0.25) is 0 Å². The first-order chi connectivity index (χ1) is 36.2. The second-order valence-corrected chi connectivity index (χ2v) is 19.7. The number of benzene rings is 13. The van der Waals surface area contributed by atoms with E-state index in [4.69, 9.17) is 8.83 Å². The van der Waals surface area contributed by atoms with Crippen LogP contribution < -0.4 is 0 Å². The highest BCUT2D eigenvalue weighted by Gasteiger charge is 2.47. The minimum Gasteiger partial charge on any atom is -0.455 e. The van der Waals surface area contributed by atoms with Crippen molar-refractivity contribution in [1.82, 2.24) is 0 Å². The van der Waals surface area contributed by atoms with Crippen LogP contribution in [0.4, 0.5) is 0 Å². The Hall–Kier alpha value is -9.50. The average molecular weight is 927 g/mol. The summed E-state index contributed by atoms with van der Waals surface area (Å²) in [6.07, 6.45) is 0. The molecule has 0 saturated carbocycles. The van der Waals surface area contributed by atoms with Gasteiger partial charge in [0.15, 0.2) is 0 Å². The second kappa shape index (κ2) is 15.3. The monoisotopic (exact) mass is 926 g/mol. The third kappa shape index (κ3) is 5.52. The molecule has 0 radical (unpaired) electrons. The predicted octanol–water partition coefficient (Wildman–Crippen LogP) is 19.5. The lowest BCUT2D eigenvalue weighted by Gasteiger charge is -2.35. The van der Waals surface area contributed by atoms with Gasteiger partial charge in [-0.25, -0.2) is 0 Å². The molecular formula is C71H42O2. The first-order valence-electron chi connectivity index (χ1n) is 25.2. The fourth-order valence-corrected chi connectivity index (χ4v) is 13.2. The van der Waals surface area contributed by atoms with Gasteiger partial charge in [-0.05, 0) is 129 Å². The Morgan fingerprint density at radius 3 is 1.23 bits per heavy atom. The van der Waals surface area contributed by atoms with Crippen molar-refractivity contribution in [3.8, 4) is 44.5 Å². The Morgan fingerprint density at radius 2 is 0.671 bits per heavy atom. The molecule has 2 heteroatoms. The number of rotatable bonds is 5. The van der Waals surface area contributed by atoms with Crippen molar-refractivity contribution in [1.29, 1.82) is 0 Å². The Bertz CT molecular complexity index is 4530. The average Bonchev–Trinajstić information content (AvgIpc) is 4.15. The molecule has 338 valence electrons. The maximum atomic E-state index is 7.02. The molecule has 1 aliphatic rings. The number of fused-ring (bicyclic) bond motifs is 15. The molecule has 1 aliphatic carbocycles. The molecule has 0 saturated heterocycles. The van der Waals surface area contributed by atoms with Crippen LogP contribution in [-0.2, 0) is 5.41 Å². The van der Waals surface area contributed by atoms with Crippen molar-refractivity contribution in [2.45, 2.75) is 5.41 Å². The van der Waals surface area contributed by atoms with Crippen LogP contribution in [-0.4, -0.2) is 0 Å². The molecule has 0 fully saturated rings. The maximum Gasteiger partial charge on any atom is 0.143 e. The normalized spacial score (nSPS) is 13.0. The lowest BCUT2D eigenvalue weighted by molar-refractivity contribution is 0.670. The van der Waals surface area contributed by atoms with E-state index in [0.29, 0.717) is 0 Å². The van der Waals surface area contributed by atoms with Crippen molar-refractivity contribution >= 4 is 87.0 Å². The fourth-order valence-electron chi connectivity index (χ4n) is 13.2. The molecule has 2 nitrogen and oxygen atoms in total. The number of hydrogen-bond donors (Lipinski definition) is 0. The van der Waals surface area contributed by atoms with Gasteiger partial charge in [0.05, 0.1) is 5.41 Å².